The summed E-state index contributed by atoms with van der Waals surface area (Å²) < 4.78 is 7.92. The molecule has 3 heterocycles. The van der Waals surface area contributed by atoms with Crippen molar-refractivity contribution in [3.8, 4) is 44.8 Å². The number of rotatable bonds is 7. The maximum absolute atomic E-state index is 2.58. The first kappa shape index (κ1) is 44.8. The fraction of sp³-hybridized carbons (Fsp3) is 0.200. The van der Waals surface area contributed by atoms with E-state index in [1.807, 2.05) is 0 Å². The number of fused-ring (bicyclic) bond motifs is 8. The minimum absolute atomic E-state index is 0.400. The summed E-state index contributed by atoms with van der Waals surface area (Å²) in [6.45, 7) is 0. The molecule has 8 aromatic carbocycles. The SMILES string of the molecule is C1=[CH][Sn][C]2(CCCCC2)C(c2ccccc2-c2ccc3c(c2)c2cc(-c4ccc5c(c4)c4cc(-c6ccccc6/C6=C/C=C\C[C@@H]7CCCCC6C7)ccc4n5-c4ccccc4)ccc2n3-c2ccccc2)=C1. The molecule has 2 saturated carbocycles. The third kappa shape index (κ3) is 7.91. The van der Waals surface area contributed by atoms with Crippen LogP contribution in [0.15, 0.2) is 216 Å². The molecule has 10 aromatic rings. The Labute approximate surface area is 440 Å². The molecule has 14 rings (SSSR count). The molecule has 0 N–H and O–H groups in total. The topological polar surface area (TPSA) is 9.86 Å². The van der Waals surface area contributed by atoms with Gasteiger partial charge in [0.25, 0.3) is 0 Å². The fourth-order valence-corrected chi connectivity index (χ4v) is 18.1. The number of hydrogen-bond donors (Lipinski definition) is 0. The van der Waals surface area contributed by atoms with Gasteiger partial charge in [-0.2, -0.15) is 0 Å². The maximum atomic E-state index is 2.58. The summed E-state index contributed by atoms with van der Waals surface area (Å²) >= 11 is -0.710. The first-order chi connectivity index (χ1) is 36.2. The van der Waals surface area contributed by atoms with E-state index < -0.39 is 21.1 Å². The molecule has 4 aliphatic rings. The Morgan fingerprint density at radius 2 is 0.918 bits per heavy atom. The van der Waals surface area contributed by atoms with E-state index in [0.29, 0.717) is 9.35 Å². The molecular weight excluding hydrogens is 987 g/mol. The fourth-order valence-electron chi connectivity index (χ4n) is 13.8. The summed E-state index contributed by atoms with van der Waals surface area (Å²) in [5.41, 5.74) is 20.9. The van der Waals surface area contributed by atoms with E-state index in [1.165, 1.54) is 176 Å². The van der Waals surface area contributed by atoms with Crippen LogP contribution in [0.4, 0.5) is 0 Å². The molecule has 2 fully saturated rings. The summed E-state index contributed by atoms with van der Waals surface area (Å²) in [6.07, 6.45) is 26.7. The van der Waals surface area contributed by atoms with Crippen molar-refractivity contribution in [2.45, 2.75) is 74.1 Å². The van der Waals surface area contributed by atoms with Crippen molar-refractivity contribution in [3.63, 3.8) is 0 Å². The van der Waals surface area contributed by atoms with E-state index in [1.54, 1.807) is 5.57 Å². The zero-order chi connectivity index (χ0) is 48.3. The average molecular weight is 1050 g/mol. The zero-order valence-electron chi connectivity index (χ0n) is 41.6. The Balaban J connectivity index is 0.929. The first-order valence-corrected chi connectivity index (χ1v) is 30.2. The molecule has 2 nitrogen and oxygen atoms in total. The Bertz CT molecular complexity index is 3870. The van der Waals surface area contributed by atoms with Crippen LogP contribution >= 0.6 is 0 Å². The summed E-state index contributed by atoms with van der Waals surface area (Å²) in [5.74, 6) is 1.38. The molecule has 2 aromatic heterocycles. The van der Waals surface area contributed by atoms with Crippen LogP contribution in [0.5, 0.6) is 0 Å². The van der Waals surface area contributed by atoms with E-state index in [-0.39, 0.29) is 0 Å². The van der Waals surface area contributed by atoms with Crippen molar-refractivity contribution in [2.24, 2.45) is 11.8 Å². The van der Waals surface area contributed by atoms with E-state index in [4.69, 9.17) is 0 Å². The van der Waals surface area contributed by atoms with Crippen molar-refractivity contribution in [1.82, 2.24) is 9.13 Å². The second-order valence-electron chi connectivity index (χ2n) is 21.5. The molecule has 1 aliphatic heterocycles. The summed E-state index contributed by atoms with van der Waals surface area (Å²) in [7, 11) is 0. The number of nitrogens with zero attached hydrogens (tertiary/aromatic N) is 2. The van der Waals surface area contributed by atoms with E-state index >= 15 is 0 Å². The van der Waals surface area contributed by atoms with Gasteiger partial charge in [-0.15, -0.1) is 0 Å². The van der Waals surface area contributed by atoms with Crippen LogP contribution in [-0.4, -0.2) is 30.3 Å². The van der Waals surface area contributed by atoms with Crippen LogP contribution in [0.2, 0.25) is 3.43 Å². The summed E-state index contributed by atoms with van der Waals surface area (Å²) in [4.78, 5) is 0. The molecule has 1 spiro atoms. The normalized spacial score (nSPS) is 19.9. The van der Waals surface area contributed by atoms with Crippen LogP contribution in [0.1, 0.15) is 81.8 Å². The van der Waals surface area contributed by atoms with Crippen LogP contribution in [0.25, 0.3) is 99.5 Å². The molecular formula is C70H60N2Sn. The van der Waals surface area contributed by atoms with Crippen LogP contribution in [0.3, 0.4) is 0 Å². The van der Waals surface area contributed by atoms with Crippen molar-refractivity contribution >= 4 is 75.9 Å². The van der Waals surface area contributed by atoms with E-state index in [2.05, 4.69) is 226 Å². The second-order valence-corrected chi connectivity index (χ2v) is 26.0. The van der Waals surface area contributed by atoms with Gasteiger partial charge in [0.2, 0.25) is 0 Å². The Morgan fingerprint density at radius 1 is 0.425 bits per heavy atom. The predicted molar refractivity (Wildman–Crippen MR) is 312 cm³/mol. The van der Waals surface area contributed by atoms with E-state index in [0.717, 1.165) is 5.92 Å². The first-order valence-electron chi connectivity index (χ1n) is 27.2. The van der Waals surface area contributed by atoms with Crippen molar-refractivity contribution in [1.29, 1.82) is 0 Å². The number of para-hydroxylation sites is 2. The van der Waals surface area contributed by atoms with E-state index in [9.17, 15) is 0 Å². The van der Waals surface area contributed by atoms with Gasteiger partial charge in [-0.1, -0.05) is 92.1 Å². The molecule has 2 atom stereocenters. The molecule has 3 aliphatic carbocycles. The Morgan fingerprint density at radius 3 is 1.51 bits per heavy atom. The number of allylic oxidation sites excluding steroid dienone is 7. The Hall–Kier alpha value is -6.88. The number of benzene rings is 8. The third-order valence-electron chi connectivity index (χ3n) is 17.3. The van der Waals surface area contributed by atoms with Crippen molar-refractivity contribution in [3.05, 3.63) is 228 Å². The molecule has 3 heteroatoms. The minimum atomic E-state index is -0.710. The molecule has 0 amide bonds. The van der Waals surface area contributed by atoms with Crippen LogP contribution < -0.4 is 0 Å². The van der Waals surface area contributed by atoms with Gasteiger partial charge < -0.3 is 4.57 Å². The van der Waals surface area contributed by atoms with Gasteiger partial charge in [-0.3, -0.25) is 0 Å². The average Bonchev–Trinajstić information content (AvgIpc) is 3.82. The standard InChI is InChI=1S/C70H60N2.Sn/c1-2-20-57(49-23-6-3-7-24-49)61-33-18-16-31-59(61)53-37-41-69-65(46-53)63-44-50(35-39-67(63)71(69)55-26-8-4-9-27-55)51-36-40-68-64(45-51)66-47-54(38-42-70(66)72(68)56-28-10-5-11-29-56)60-32-17-19-34-62(60)58-30-15-13-22-48-21-12-14-25-52(58)43-48;/h1-2,4-5,8-11,13,15-20,26-42,44-48,52H,3,6-7,12,14,21-25,43H2;/b2-1?,15-13-,57-20?,58-30+;/t48-,52?;/m0./s1. The predicted octanol–water partition coefficient (Wildman–Crippen LogP) is 19.2. The summed E-state index contributed by atoms with van der Waals surface area (Å²) in [6, 6.07) is 69.3. The molecule has 73 heavy (non-hydrogen) atoms. The summed E-state index contributed by atoms with van der Waals surface area (Å²) in [5, 5.41) is 5.11. The van der Waals surface area contributed by atoms with Gasteiger partial charge in [0.15, 0.2) is 0 Å². The van der Waals surface area contributed by atoms with Crippen molar-refractivity contribution in [2.75, 3.05) is 0 Å². The third-order valence-corrected chi connectivity index (χ3v) is 22.1. The molecule has 2 bridgehead atoms. The molecule has 0 saturated heterocycles. The monoisotopic (exact) mass is 1050 g/mol. The van der Waals surface area contributed by atoms with Gasteiger partial charge in [0, 0.05) is 16.5 Å². The van der Waals surface area contributed by atoms with Crippen LogP contribution in [0, 0.1) is 11.8 Å². The van der Waals surface area contributed by atoms with Gasteiger partial charge in [0.1, 0.15) is 0 Å². The van der Waals surface area contributed by atoms with Crippen molar-refractivity contribution < 1.29 is 0 Å². The number of hydrogen-bond acceptors (Lipinski definition) is 0. The quantitative estimate of drug-likeness (QED) is 0.141. The van der Waals surface area contributed by atoms with Crippen LogP contribution in [-0.2, 0) is 0 Å². The van der Waals surface area contributed by atoms with Gasteiger partial charge >= 0.3 is 235 Å². The zero-order valence-corrected chi connectivity index (χ0v) is 44.5. The van der Waals surface area contributed by atoms with Gasteiger partial charge in [-0.05, 0) is 83.7 Å². The number of aromatic nitrogens is 2. The molecule has 2 radical (unpaired) electrons. The second kappa shape index (κ2) is 18.9. The van der Waals surface area contributed by atoms with Gasteiger partial charge in [0.05, 0.1) is 11.0 Å². The Kier molecular flexibility index (Phi) is 11.6. The molecule has 354 valence electrons. The van der Waals surface area contributed by atoms with Gasteiger partial charge in [-0.25, -0.2) is 0 Å². The molecule has 1 unspecified atom stereocenters.